The first kappa shape index (κ1) is 25.7. The Morgan fingerprint density at radius 3 is 2.50 bits per heavy atom. The van der Waals surface area contributed by atoms with E-state index < -0.39 is 28.3 Å². The van der Waals surface area contributed by atoms with Crippen molar-refractivity contribution in [3.05, 3.63) is 84.2 Å². The fourth-order valence-electron chi connectivity index (χ4n) is 3.96. The maximum absolute atomic E-state index is 14.0. The van der Waals surface area contributed by atoms with Gasteiger partial charge in [-0.15, -0.1) is 11.8 Å². The molecule has 2 amide bonds. The van der Waals surface area contributed by atoms with E-state index in [-0.39, 0.29) is 23.0 Å². The summed E-state index contributed by atoms with van der Waals surface area (Å²) in [7, 11) is -4.15. The van der Waals surface area contributed by atoms with Gasteiger partial charge in [-0.05, 0) is 72.8 Å². The van der Waals surface area contributed by atoms with Crippen LogP contribution in [-0.2, 0) is 26.2 Å². The van der Waals surface area contributed by atoms with E-state index in [0.29, 0.717) is 13.0 Å². The Balaban J connectivity index is 1.52. The van der Waals surface area contributed by atoms with Gasteiger partial charge in [-0.25, -0.2) is 12.8 Å². The molecule has 1 saturated heterocycles. The van der Waals surface area contributed by atoms with E-state index in [1.165, 1.54) is 42.1 Å². The first-order valence-corrected chi connectivity index (χ1v) is 14.0. The highest BCUT2D eigenvalue weighted by molar-refractivity contribution is 7.98. The van der Waals surface area contributed by atoms with Gasteiger partial charge in [-0.2, -0.15) is 0 Å². The molecule has 36 heavy (non-hydrogen) atoms. The van der Waals surface area contributed by atoms with Gasteiger partial charge in [0.25, 0.3) is 10.0 Å². The molecule has 0 radical (unpaired) electrons. The second-order valence-electron chi connectivity index (χ2n) is 8.26. The molecule has 0 bridgehead atoms. The average molecular weight is 528 g/mol. The minimum absolute atomic E-state index is 0.000317. The first-order chi connectivity index (χ1) is 17.3. The summed E-state index contributed by atoms with van der Waals surface area (Å²) < 4.78 is 41.8. The normalized spacial score (nSPS) is 13.6. The summed E-state index contributed by atoms with van der Waals surface area (Å²) in [6.07, 6.45) is 3.21. The first-order valence-electron chi connectivity index (χ1n) is 11.4. The number of halogens is 1. The van der Waals surface area contributed by atoms with Crippen molar-refractivity contribution < 1.29 is 22.4 Å². The van der Waals surface area contributed by atoms with E-state index in [2.05, 4.69) is 5.32 Å². The number of benzene rings is 3. The lowest BCUT2D eigenvalue weighted by Gasteiger charge is -2.24. The monoisotopic (exact) mass is 527 g/mol. The molecular weight excluding hydrogens is 501 g/mol. The van der Waals surface area contributed by atoms with Crippen molar-refractivity contribution in [1.29, 1.82) is 0 Å². The van der Waals surface area contributed by atoms with E-state index in [9.17, 15) is 22.4 Å². The van der Waals surface area contributed by atoms with Gasteiger partial charge < -0.3 is 10.2 Å². The molecule has 1 N–H and O–H groups in total. The minimum atomic E-state index is -4.15. The van der Waals surface area contributed by atoms with Crippen LogP contribution in [0.1, 0.15) is 18.4 Å². The third-order valence-corrected chi connectivity index (χ3v) is 8.35. The molecule has 1 heterocycles. The predicted molar refractivity (Wildman–Crippen MR) is 139 cm³/mol. The highest BCUT2D eigenvalue weighted by atomic mass is 32.2. The van der Waals surface area contributed by atoms with Crippen molar-refractivity contribution in [2.45, 2.75) is 29.2 Å². The second-order valence-corrected chi connectivity index (χ2v) is 11.0. The van der Waals surface area contributed by atoms with Crippen molar-refractivity contribution in [3.63, 3.8) is 0 Å². The van der Waals surface area contributed by atoms with Crippen LogP contribution in [0.3, 0.4) is 0 Å². The third kappa shape index (κ3) is 5.88. The van der Waals surface area contributed by atoms with Crippen LogP contribution in [0.4, 0.5) is 15.8 Å². The molecule has 3 aromatic rings. The highest BCUT2D eigenvalue weighted by Gasteiger charge is 2.28. The number of rotatable bonds is 9. The lowest BCUT2D eigenvalue weighted by Crippen LogP contribution is -2.40. The van der Waals surface area contributed by atoms with Gasteiger partial charge in [0.1, 0.15) is 12.4 Å². The number of carbonyl (C=O) groups excluding carboxylic acids is 2. The Morgan fingerprint density at radius 2 is 1.83 bits per heavy atom. The van der Waals surface area contributed by atoms with E-state index in [1.807, 2.05) is 30.5 Å². The quantitative estimate of drug-likeness (QED) is 0.422. The summed E-state index contributed by atoms with van der Waals surface area (Å²) in [4.78, 5) is 27.5. The summed E-state index contributed by atoms with van der Waals surface area (Å²) in [5.74, 6) is -1.09. The van der Waals surface area contributed by atoms with Crippen LogP contribution in [0.2, 0.25) is 0 Å². The van der Waals surface area contributed by atoms with Crippen LogP contribution in [0.15, 0.2) is 82.6 Å². The largest absolute Gasteiger partial charge is 0.350 e. The number of nitrogens with zero attached hydrogens (tertiary/aromatic N) is 2. The maximum Gasteiger partial charge on any atom is 0.264 e. The molecule has 188 valence electrons. The van der Waals surface area contributed by atoms with Gasteiger partial charge in [0, 0.05) is 30.1 Å². The molecular formula is C26H26FN3O4S2. The minimum Gasteiger partial charge on any atom is -0.350 e. The van der Waals surface area contributed by atoms with Gasteiger partial charge in [0.05, 0.1) is 10.6 Å². The second kappa shape index (κ2) is 11.1. The molecule has 1 aliphatic heterocycles. The van der Waals surface area contributed by atoms with Crippen molar-refractivity contribution >= 4 is 45.0 Å². The van der Waals surface area contributed by atoms with Gasteiger partial charge in [0.15, 0.2) is 0 Å². The number of anilines is 2. The fourth-order valence-corrected chi connectivity index (χ4v) is 5.78. The maximum atomic E-state index is 14.0. The van der Waals surface area contributed by atoms with Crippen LogP contribution < -0.4 is 14.5 Å². The number of hydrogen-bond donors (Lipinski definition) is 1. The molecule has 4 rings (SSSR count). The molecule has 1 aliphatic rings. The zero-order valence-corrected chi connectivity index (χ0v) is 21.3. The number of amides is 2. The van der Waals surface area contributed by atoms with Gasteiger partial charge in [0.2, 0.25) is 11.8 Å². The molecule has 0 aliphatic carbocycles. The van der Waals surface area contributed by atoms with Crippen molar-refractivity contribution in [2.75, 3.05) is 28.6 Å². The lowest BCUT2D eigenvalue weighted by atomic mass is 10.2. The highest BCUT2D eigenvalue weighted by Crippen LogP contribution is 2.26. The van der Waals surface area contributed by atoms with Crippen LogP contribution in [0.25, 0.3) is 0 Å². The lowest BCUT2D eigenvalue weighted by molar-refractivity contribution is -0.120. The van der Waals surface area contributed by atoms with E-state index >= 15 is 0 Å². The number of sulfonamides is 1. The summed E-state index contributed by atoms with van der Waals surface area (Å²) in [6.45, 7) is 0.279. The van der Waals surface area contributed by atoms with Crippen molar-refractivity contribution in [2.24, 2.45) is 0 Å². The zero-order valence-electron chi connectivity index (χ0n) is 19.7. The summed E-state index contributed by atoms with van der Waals surface area (Å²) in [6, 6.07) is 18.7. The molecule has 7 nitrogen and oxygen atoms in total. The SMILES string of the molecule is CSc1ccc(S(=O)(=O)N(CC(=O)NCc2cccc(N3CCCC3=O)c2)c2cccc(F)c2)cc1. The molecule has 0 atom stereocenters. The Kier molecular flexibility index (Phi) is 7.95. The van der Waals surface area contributed by atoms with Gasteiger partial charge >= 0.3 is 0 Å². The number of carbonyl (C=O) groups is 2. The fraction of sp³-hybridized carbons (Fsp3) is 0.231. The van der Waals surface area contributed by atoms with E-state index in [4.69, 9.17) is 0 Å². The van der Waals surface area contributed by atoms with Crippen molar-refractivity contribution in [1.82, 2.24) is 5.32 Å². The van der Waals surface area contributed by atoms with Crippen LogP contribution in [-0.4, -0.2) is 39.6 Å². The van der Waals surface area contributed by atoms with Gasteiger partial charge in [-0.1, -0.05) is 18.2 Å². The predicted octanol–water partition coefficient (Wildman–Crippen LogP) is 4.19. The molecule has 1 fully saturated rings. The number of hydrogen-bond acceptors (Lipinski definition) is 5. The molecule has 0 spiro atoms. The summed E-state index contributed by atoms with van der Waals surface area (Å²) >= 11 is 1.48. The van der Waals surface area contributed by atoms with E-state index in [0.717, 1.165) is 32.9 Å². The van der Waals surface area contributed by atoms with Crippen LogP contribution in [0, 0.1) is 5.82 Å². The van der Waals surface area contributed by atoms with E-state index in [1.54, 1.807) is 17.0 Å². The molecule has 0 saturated carbocycles. The standard InChI is InChI=1S/C26H26FN3O4S2/c1-35-23-10-12-24(13-11-23)36(33,34)30(22-8-3-6-20(27)16-22)18-25(31)28-17-19-5-2-7-21(15-19)29-14-4-9-26(29)32/h2-3,5-8,10-13,15-16H,4,9,14,17-18H2,1H3,(H,28,31). The topological polar surface area (TPSA) is 86.8 Å². The summed E-state index contributed by atoms with van der Waals surface area (Å²) in [5, 5.41) is 2.74. The third-order valence-electron chi connectivity index (χ3n) is 5.82. The Hall–Kier alpha value is -3.37. The van der Waals surface area contributed by atoms with Crippen LogP contribution >= 0.6 is 11.8 Å². The van der Waals surface area contributed by atoms with Crippen LogP contribution in [0.5, 0.6) is 0 Å². The van der Waals surface area contributed by atoms with Crippen molar-refractivity contribution in [3.8, 4) is 0 Å². The van der Waals surface area contributed by atoms with Gasteiger partial charge in [-0.3, -0.25) is 13.9 Å². The molecule has 3 aromatic carbocycles. The molecule has 10 heteroatoms. The Morgan fingerprint density at radius 1 is 1.08 bits per heavy atom. The molecule has 0 unspecified atom stereocenters. The number of nitrogens with one attached hydrogen (secondary N) is 1. The smallest absolute Gasteiger partial charge is 0.264 e. The Labute approximate surface area is 214 Å². The average Bonchev–Trinajstić information content (AvgIpc) is 3.32. The Bertz CT molecular complexity index is 1360. The molecule has 0 aromatic heterocycles. The zero-order chi connectivity index (χ0) is 25.7. The summed E-state index contributed by atoms with van der Waals surface area (Å²) in [5.41, 5.74) is 1.59. The number of thioether (sulfide) groups is 1.